The Bertz CT molecular complexity index is 994. The molecule has 378 valence electrons. The van der Waals surface area contributed by atoms with E-state index in [2.05, 4.69) is 19.2 Å². The highest BCUT2D eigenvalue weighted by Gasteiger charge is 2.28. The summed E-state index contributed by atoms with van der Waals surface area (Å²) < 4.78 is 23.8. The molecule has 0 heterocycles. The number of rotatable bonds is 52. The zero-order valence-corrected chi connectivity index (χ0v) is 44.0. The van der Waals surface area contributed by atoms with Gasteiger partial charge in [0.05, 0.1) is 39.9 Å². The van der Waals surface area contributed by atoms with Gasteiger partial charge in [-0.2, -0.15) is 0 Å². The number of phosphoric acid groups is 1. The lowest BCUT2D eigenvalue weighted by molar-refractivity contribution is -0.870. The fraction of sp³-hybridized carbons (Fsp3) is 0.981. The van der Waals surface area contributed by atoms with Crippen LogP contribution in [0.2, 0.25) is 0 Å². The number of amides is 1. The van der Waals surface area contributed by atoms with Crippen molar-refractivity contribution in [3.8, 4) is 0 Å². The lowest BCUT2D eigenvalue weighted by Crippen LogP contribution is -2.46. The molecule has 63 heavy (non-hydrogen) atoms. The second-order valence-electron chi connectivity index (χ2n) is 20.7. The molecule has 0 saturated heterocycles. The van der Waals surface area contributed by atoms with Crippen molar-refractivity contribution < 1.29 is 32.9 Å². The summed E-state index contributed by atoms with van der Waals surface area (Å²) in [5, 5.41) is 14.1. The first kappa shape index (κ1) is 62.5. The SMILES string of the molecule is CCCCCCCCCCCCCCCCCCCCCCCCCC(O)C(COP(=O)(O)OCC[N+](C)(C)C)NC(=O)CCCCCCCCCCCCCCCCCCCC. The molecule has 0 aliphatic carbocycles. The molecule has 3 atom stereocenters. The number of likely N-dealkylation sites (N-methyl/N-ethyl adjacent to an activating group) is 1. The Balaban J connectivity index is 4.15. The first-order valence-electron chi connectivity index (χ1n) is 27.9. The monoisotopic (exact) mass is 916 g/mol. The van der Waals surface area contributed by atoms with Gasteiger partial charge in [0.15, 0.2) is 0 Å². The highest BCUT2D eigenvalue weighted by molar-refractivity contribution is 7.47. The van der Waals surface area contributed by atoms with E-state index < -0.39 is 20.0 Å². The summed E-state index contributed by atoms with van der Waals surface area (Å²) in [7, 11) is 1.64. The van der Waals surface area contributed by atoms with Gasteiger partial charge in [-0.15, -0.1) is 0 Å². The minimum Gasteiger partial charge on any atom is -0.391 e. The van der Waals surface area contributed by atoms with E-state index in [-0.39, 0.29) is 19.1 Å². The number of carbonyl (C=O) groups excluding carboxylic acids is 1. The van der Waals surface area contributed by atoms with E-state index in [1.54, 1.807) is 0 Å². The third-order valence-electron chi connectivity index (χ3n) is 13.1. The summed E-state index contributed by atoms with van der Waals surface area (Å²) in [5.74, 6) is -0.137. The first-order chi connectivity index (χ1) is 30.5. The molecule has 0 aromatic rings. The number of carbonyl (C=O) groups is 1. The van der Waals surface area contributed by atoms with Gasteiger partial charge in [0.2, 0.25) is 5.91 Å². The van der Waals surface area contributed by atoms with Gasteiger partial charge < -0.3 is 19.8 Å². The van der Waals surface area contributed by atoms with E-state index in [4.69, 9.17) is 9.05 Å². The van der Waals surface area contributed by atoms with Gasteiger partial charge in [-0.25, -0.2) is 4.57 Å². The molecule has 0 aliphatic heterocycles. The molecule has 9 heteroatoms. The van der Waals surface area contributed by atoms with E-state index in [1.165, 1.54) is 225 Å². The molecular weight excluding hydrogens is 804 g/mol. The molecule has 0 spiro atoms. The van der Waals surface area contributed by atoms with Crippen molar-refractivity contribution in [1.82, 2.24) is 5.32 Å². The Morgan fingerprint density at radius 3 is 1.06 bits per heavy atom. The fourth-order valence-electron chi connectivity index (χ4n) is 8.70. The number of aliphatic hydroxyl groups excluding tert-OH is 1. The van der Waals surface area contributed by atoms with Crippen LogP contribution in [0.15, 0.2) is 0 Å². The average molecular weight is 916 g/mol. The number of quaternary nitrogens is 1. The molecule has 0 fully saturated rings. The van der Waals surface area contributed by atoms with Crippen molar-refractivity contribution >= 4 is 13.7 Å². The number of unbranched alkanes of at least 4 members (excludes halogenated alkanes) is 39. The summed E-state index contributed by atoms with van der Waals surface area (Å²) in [6, 6.07) is -0.754. The van der Waals surface area contributed by atoms with Crippen LogP contribution in [-0.4, -0.2) is 73.4 Å². The van der Waals surface area contributed by atoms with E-state index in [0.717, 1.165) is 38.5 Å². The van der Waals surface area contributed by atoms with Gasteiger partial charge in [-0.3, -0.25) is 13.8 Å². The Kier molecular flexibility index (Phi) is 46.2. The molecule has 0 rings (SSSR count). The zero-order valence-electron chi connectivity index (χ0n) is 43.1. The quantitative estimate of drug-likeness (QED) is 0.0319. The minimum atomic E-state index is -4.32. The van der Waals surface area contributed by atoms with Crippen molar-refractivity contribution in [2.45, 2.75) is 302 Å². The van der Waals surface area contributed by atoms with Crippen molar-refractivity contribution in [2.75, 3.05) is 40.9 Å². The second-order valence-corrected chi connectivity index (χ2v) is 22.1. The number of nitrogens with zero attached hydrogens (tertiary/aromatic N) is 1. The molecule has 3 N–H and O–H groups in total. The normalized spacial score (nSPS) is 14.0. The largest absolute Gasteiger partial charge is 0.472 e. The molecule has 0 aliphatic rings. The summed E-state index contributed by atoms with van der Waals surface area (Å²) in [5.41, 5.74) is 0. The van der Waals surface area contributed by atoms with Gasteiger partial charge >= 0.3 is 7.82 Å². The van der Waals surface area contributed by atoms with Crippen LogP contribution in [0.25, 0.3) is 0 Å². The molecule has 0 bridgehead atoms. The van der Waals surface area contributed by atoms with Gasteiger partial charge in [0.25, 0.3) is 0 Å². The number of hydrogen-bond donors (Lipinski definition) is 3. The molecule has 3 unspecified atom stereocenters. The Hall–Kier alpha value is -0.500. The Morgan fingerprint density at radius 1 is 0.476 bits per heavy atom. The fourth-order valence-corrected chi connectivity index (χ4v) is 9.43. The minimum absolute atomic E-state index is 0.0791. The highest BCUT2D eigenvalue weighted by atomic mass is 31.2. The van der Waals surface area contributed by atoms with Crippen molar-refractivity contribution in [3.05, 3.63) is 0 Å². The Labute approximate surface area is 393 Å². The van der Waals surface area contributed by atoms with Crippen LogP contribution < -0.4 is 5.32 Å². The topological polar surface area (TPSA) is 105 Å². The average Bonchev–Trinajstić information content (AvgIpc) is 3.24. The second kappa shape index (κ2) is 46.6. The first-order valence-corrected chi connectivity index (χ1v) is 29.4. The predicted octanol–water partition coefficient (Wildman–Crippen LogP) is 16.5. The molecule has 8 nitrogen and oxygen atoms in total. The van der Waals surface area contributed by atoms with E-state index >= 15 is 0 Å². The standard InChI is InChI=1S/C54H111N2O6P/c1-6-8-10-12-14-16-18-20-22-24-26-27-28-29-30-31-33-35-37-39-41-43-45-47-53(57)52(51-62-63(59,60)61-50-49-56(3,4)5)55-54(58)48-46-44-42-40-38-36-34-32-25-23-21-19-17-15-13-11-9-7-2/h52-53,57H,6-51H2,1-5H3,(H-,55,58,59,60)/p+1. The third-order valence-corrected chi connectivity index (χ3v) is 14.1. The molecule has 0 aromatic heterocycles. The van der Waals surface area contributed by atoms with Gasteiger partial charge in [0.1, 0.15) is 13.2 Å². The van der Waals surface area contributed by atoms with Gasteiger partial charge in [-0.05, 0) is 12.8 Å². The van der Waals surface area contributed by atoms with Crippen LogP contribution in [0, 0.1) is 0 Å². The number of aliphatic hydroxyl groups is 1. The van der Waals surface area contributed by atoms with E-state index in [9.17, 15) is 19.4 Å². The van der Waals surface area contributed by atoms with Gasteiger partial charge in [0, 0.05) is 6.42 Å². The lowest BCUT2D eigenvalue weighted by atomic mass is 10.0. The molecule has 1 amide bonds. The third kappa shape index (κ3) is 49.2. The van der Waals surface area contributed by atoms with Crippen LogP contribution in [0.3, 0.4) is 0 Å². The van der Waals surface area contributed by atoms with Crippen LogP contribution in [0.1, 0.15) is 290 Å². The molecule has 0 saturated carbocycles. The summed E-state index contributed by atoms with van der Waals surface area (Å²) in [6.07, 6.45) is 54.3. The Morgan fingerprint density at radius 2 is 0.762 bits per heavy atom. The van der Waals surface area contributed by atoms with Crippen molar-refractivity contribution in [2.24, 2.45) is 0 Å². The van der Waals surface area contributed by atoms with E-state index in [0.29, 0.717) is 23.9 Å². The summed E-state index contributed by atoms with van der Waals surface area (Å²) >= 11 is 0. The summed E-state index contributed by atoms with van der Waals surface area (Å²) in [4.78, 5) is 23.3. The highest BCUT2D eigenvalue weighted by Crippen LogP contribution is 2.43. The van der Waals surface area contributed by atoms with Crippen molar-refractivity contribution in [1.29, 1.82) is 0 Å². The maximum Gasteiger partial charge on any atom is 0.472 e. The number of phosphoric ester groups is 1. The maximum absolute atomic E-state index is 13.0. The number of hydrogen-bond acceptors (Lipinski definition) is 5. The number of nitrogens with one attached hydrogen (secondary N) is 1. The molecule has 0 radical (unpaired) electrons. The predicted molar refractivity (Wildman–Crippen MR) is 272 cm³/mol. The van der Waals surface area contributed by atoms with Crippen LogP contribution in [-0.2, 0) is 18.4 Å². The van der Waals surface area contributed by atoms with Crippen LogP contribution >= 0.6 is 7.82 Å². The van der Waals surface area contributed by atoms with Gasteiger partial charge in [-0.1, -0.05) is 271 Å². The molecule has 0 aromatic carbocycles. The molecular formula is C54H112N2O6P+. The van der Waals surface area contributed by atoms with E-state index in [1.807, 2.05) is 21.1 Å². The van der Waals surface area contributed by atoms with Crippen LogP contribution in [0.5, 0.6) is 0 Å². The van der Waals surface area contributed by atoms with Crippen molar-refractivity contribution in [3.63, 3.8) is 0 Å². The smallest absolute Gasteiger partial charge is 0.391 e. The van der Waals surface area contributed by atoms with Crippen LogP contribution in [0.4, 0.5) is 0 Å². The summed E-state index contributed by atoms with van der Waals surface area (Å²) in [6.45, 7) is 4.94. The maximum atomic E-state index is 13.0. The lowest BCUT2D eigenvalue weighted by Gasteiger charge is -2.26. The zero-order chi connectivity index (χ0) is 46.4.